The summed E-state index contributed by atoms with van der Waals surface area (Å²) in [7, 11) is -4.68. The summed E-state index contributed by atoms with van der Waals surface area (Å²) in [5, 5.41) is 8.77. The van der Waals surface area contributed by atoms with E-state index < -0.39 is 26.5 Å². The van der Waals surface area contributed by atoms with Crippen LogP contribution in [0, 0.1) is 5.92 Å². The van der Waals surface area contributed by atoms with Crippen molar-refractivity contribution in [3.63, 3.8) is 0 Å². The number of benzene rings is 1. The van der Waals surface area contributed by atoms with Gasteiger partial charge in [-0.25, -0.2) is 8.42 Å². The molecular weight excluding hydrogens is 304 g/mol. The summed E-state index contributed by atoms with van der Waals surface area (Å²) in [5.74, 6) is -4.50. The Hall–Kier alpha value is -1.70. The van der Waals surface area contributed by atoms with E-state index in [4.69, 9.17) is 5.11 Å². The second kappa shape index (κ2) is 5.97. The predicted octanol–water partition coefficient (Wildman–Crippen LogP) is 1.98. The molecule has 0 spiro atoms. The fraction of sp³-hybridized carbons (Fsp3) is 0.462. The Morgan fingerprint density at radius 1 is 1.38 bits per heavy atom. The van der Waals surface area contributed by atoms with Crippen LogP contribution in [0.4, 0.5) is 14.5 Å². The monoisotopic (exact) mass is 319 g/mol. The lowest BCUT2D eigenvalue weighted by Crippen LogP contribution is -2.24. The van der Waals surface area contributed by atoms with Crippen molar-refractivity contribution in [2.45, 2.75) is 23.5 Å². The maximum atomic E-state index is 12.7. The van der Waals surface area contributed by atoms with Gasteiger partial charge in [0.05, 0.1) is 10.6 Å². The van der Waals surface area contributed by atoms with Gasteiger partial charge in [-0.3, -0.25) is 4.79 Å². The molecule has 1 atom stereocenters. The molecule has 1 aliphatic heterocycles. The first-order chi connectivity index (χ1) is 9.82. The van der Waals surface area contributed by atoms with Gasteiger partial charge in [0.2, 0.25) is 9.84 Å². The normalized spacial score (nSPS) is 19.2. The third kappa shape index (κ3) is 3.31. The SMILES string of the molecule is O=C(O)CC1CCN(c2ccccc2S(=O)(=O)C(F)F)C1. The molecule has 1 unspecified atom stereocenters. The highest BCUT2D eigenvalue weighted by atomic mass is 32.2. The van der Waals surface area contributed by atoms with Gasteiger partial charge in [0.15, 0.2) is 0 Å². The summed E-state index contributed by atoms with van der Waals surface area (Å²) in [6.07, 6.45) is 0.579. The van der Waals surface area contributed by atoms with Crippen molar-refractivity contribution in [3.05, 3.63) is 24.3 Å². The largest absolute Gasteiger partial charge is 0.481 e. The van der Waals surface area contributed by atoms with E-state index in [0.717, 1.165) is 6.07 Å². The zero-order valence-electron chi connectivity index (χ0n) is 11.1. The molecule has 1 heterocycles. The number of anilines is 1. The van der Waals surface area contributed by atoms with Gasteiger partial charge in [-0.2, -0.15) is 8.78 Å². The van der Waals surface area contributed by atoms with Crippen LogP contribution in [0.15, 0.2) is 29.2 Å². The van der Waals surface area contributed by atoms with E-state index in [1.54, 1.807) is 11.0 Å². The van der Waals surface area contributed by atoms with E-state index in [1.165, 1.54) is 12.1 Å². The second-order valence-corrected chi connectivity index (χ2v) is 6.86. The zero-order chi connectivity index (χ0) is 15.6. The van der Waals surface area contributed by atoms with Crippen LogP contribution >= 0.6 is 0 Å². The van der Waals surface area contributed by atoms with Crippen molar-refractivity contribution in [1.82, 2.24) is 0 Å². The van der Waals surface area contributed by atoms with Crippen LogP contribution in [-0.4, -0.2) is 38.3 Å². The maximum Gasteiger partial charge on any atom is 0.341 e. The molecule has 0 amide bonds. The number of hydrogen-bond acceptors (Lipinski definition) is 4. The number of carboxylic acid groups (broad SMARTS) is 1. The minimum atomic E-state index is -4.68. The Morgan fingerprint density at radius 2 is 2.05 bits per heavy atom. The van der Waals surface area contributed by atoms with Gasteiger partial charge in [0, 0.05) is 19.5 Å². The van der Waals surface area contributed by atoms with Gasteiger partial charge in [-0.1, -0.05) is 12.1 Å². The van der Waals surface area contributed by atoms with E-state index in [0.29, 0.717) is 19.5 Å². The van der Waals surface area contributed by atoms with Crippen molar-refractivity contribution in [2.24, 2.45) is 5.92 Å². The van der Waals surface area contributed by atoms with Gasteiger partial charge in [0.25, 0.3) is 0 Å². The highest BCUT2D eigenvalue weighted by Gasteiger charge is 2.33. The summed E-state index contributed by atoms with van der Waals surface area (Å²) in [4.78, 5) is 11.9. The fourth-order valence-corrected chi connectivity index (χ4v) is 3.47. The lowest BCUT2D eigenvalue weighted by molar-refractivity contribution is -0.137. The summed E-state index contributed by atoms with van der Waals surface area (Å²) in [6.45, 7) is 0.801. The van der Waals surface area contributed by atoms with E-state index >= 15 is 0 Å². The number of nitrogens with zero attached hydrogens (tertiary/aromatic N) is 1. The molecule has 1 aromatic carbocycles. The highest BCUT2D eigenvalue weighted by Crippen LogP contribution is 2.33. The van der Waals surface area contributed by atoms with Crippen LogP contribution in [0.25, 0.3) is 0 Å². The molecule has 21 heavy (non-hydrogen) atoms. The first kappa shape index (κ1) is 15.7. The summed E-state index contributed by atoms with van der Waals surface area (Å²) in [5.41, 5.74) is 0.214. The smallest absolute Gasteiger partial charge is 0.341 e. The van der Waals surface area contributed by atoms with Gasteiger partial charge >= 0.3 is 11.7 Å². The number of rotatable bonds is 5. The van der Waals surface area contributed by atoms with Crippen LogP contribution in [0.1, 0.15) is 12.8 Å². The molecule has 1 saturated heterocycles. The Balaban J connectivity index is 2.28. The fourth-order valence-electron chi connectivity index (χ4n) is 2.52. The maximum absolute atomic E-state index is 12.7. The Morgan fingerprint density at radius 3 is 2.67 bits per heavy atom. The van der Waals surface area contributed by atoms with E-state index in [9.17, 15) is 22.0 Å². The third-order valence-electron chi connectivity index (χ3n) is 3.50. The van der Waals surface area contributed by atoms with Gasteiger partial charge < -0.3 is 10.0 Å². The number of carbonyl (C=O) groups is 1. The Kier molecular flexibility index (Phi) is 4.46. The average molecular weight is 319 g/mol. The van der Waals surface area contributed by atoms with Crippen molar-refractivity contribution in [3.8, 4) is 0 Å². The Bertz CT molecular complexity index is 633. The summed E-state index contributed by atoms with van der Waals surface area (Å²) in [6, 6.07) is 5.59. The quantitative estimate of drug-likeness (QED) is 0.898. The molecule has 1 N–H and O–H groups in total. The van der Waals surface area contributed by atoms with Gasteiger partial charge in [-0.15, -0.1) is 0 Å². The standard InChI is InChI=1S/C13H15F2NO4S/c14-13(15)21(19,20)11-4-2-1-3-10(11)16-6-5-9(8-16)7-12(17)18/h1-4,9,13H,5-8H2,(H,17,18). The lowest BCUT2D eigenvalue weighted by atomic mass is 10.1. The number of hydrogen-bond donors (Lipinski definition) is 1. The topological polar surface area (TPSA) is 74.7 Å². The first-order valence-electron chi connectivity index (χ1n) is 6.40. The van der Waals surface area contributed by atoms with Crippen LogP contribution in [0.2, 0.25) is 0 Å². The highest BCUT2D eigenvalue weighted by molar-refractivity contribution is 7.91. The van der Waals surface area contributed by atoms with E-state index in [-0.39, 0.29) is 18.0 Å². The molecule has 1 fully saturated rings. The number of sulfone groups is 1. The second-order valence-electron chi connectivity index (χ2n) is 4.97. The summed E-state index contributed by atoms with van der Waals surface area (Å²) >= 11 is 0. The molecule has 0 radical (unpaired) electrons. The first-order valence-corrected chi connectivity index (χ1v) is 7.95. The average Bonchev–Trinajstić information content (AvgIpc) is 2.86. The molecule has 1 aromatic rings. The molecule has 116 valence electrons. The number of halogens is 2. The molecule has 0 saturated carbocycles. The van der Waals surface area contributed by atoms with E-state index in [1.807, 2.05) is 0 Å². The third-order valence-corrected chi connectivity index (χ3v) is 4.92. The van der Waals surface area contributed by atoms with Crippen molar-refractivity contribution < 1.29 is 27.1 Å². The number of carboxylic acids is 1. The van der Waals surface area contributed by atoms with Crippen molar-refractivity contribution in [1.29, 1.82) is 0 Å². The molecule has 2 rings (SSSR count). The van der Waals surface area contributed by atoms with Crippen LogP contribution in [0.5, 0.6) is 0 Å². The molecule has 0 aromatic heterocycles. The molecule has 0 bridgehead atoms. The van der Waals surface area contributed by atoms with Gasteiger partial charge in [0.1, 0.15) is 0 Å². The molecule has 8 heteroatoms. The molecule has 0 aliphatic carbocycles. The minimum absolute atomic E-state index is 0.0136. The minimum Gasteiger partial charge on any atom is -0.481 e. The van der Waals surface area contributed by atoms with Crippen molar-refractivity contribution >= 4 is 21.5 Å². The van der Waals surface area contributed by atoms with Crippen LogP contribution in [0.3, 0.4) is 0 Å². The number of para-hydroxylation sites is 1. The molecule has 5 nitrogen and oxygen atoms in total. The summed E-state index contributed by atoms with van der Waals surface area (Å²) < 4.78 is 48.9. The zero-order valence-corrected chi connectivity index (χ0v) is 11.9. The molecular formula is C13H15F2NO4S. The number of aliphatic carboxylic acids is 1. The number of alkyl halides is 2. The lowest BCUT2D eigenvalue weighted by Gasteiger charge is -2.21. The van der Waals surface area contributed by atoms with Crippen molar-refractivity contribution in [2.75, 3.05) is 18.0 Å². The molecule has 1 aliphatic rings. The van der Waals surface area contributed by atoms with Crippen LogP contribution < -0.4 is 4.90 Å². The van der Waals surface area contributed by atoms with E-state index in [2.05, 4.69) is 0 Å². The van der Waals surface area contributed by atoms with Crippen LogP contribution in [-0.2, 0) is 14.6 Å². The predicted molar refractivity (Wildman–Crippen MR) is 72.2 cm³/mol. The van der Waals surface area contributed by atoms with Gasteiger partial charge in [-0.05, 0) is 24.5 Å². The Labute approximate surface area is 121 Å².